The Kier molecular flexibility index (Phi) is 5.30. The molecule has 0 atom stereocenters. The van der Waals surface area contributed by atoms with Gasteiger partial charge in [-0.05, 0) is 35.9 Å². The zero-order chi connectivity index (χ0) is 19.3. The van der Waals surface area contributed by atoms with Crippen LogP contribution in [0.5, 0.6) is 0 Å². The zero-order valence-corrected chi connectivity index (χ0v) is 15.9. The van der Waals surface area contributed by atoms with Crippen LogP contribution in [0, 0.1) is 0 Å². The number of carbonyl (C=O) groups is 2. The van der Waals surface area contributed by atoms with Gasteiger partial charge in [0.2, 0.25) is 5.91 Å². The molecule has 3 aromatic carbocycles. The van der Waals surface area contributed by atoms with Gasteiger partial charge in [0.1, 0.15) is 0 Å². The molecule has 0 spiro atoms. The number of anilines is 2. The van der Waals surface area contributed by atoms with Crippen molar-refractivity contribution in [2.24, 2.45) is 0 Å². The van der Waals surface area contributed by atoms with E-state index >= 15 is 0 Å². The third-order valence-electron chi connectivity index (χ3n) is 4.36. The van der Waals surface area contributed by atoms with Crippen LogP contribution in [0.25, 0.3) is 0 Å². The van der Waals surface area contributed by atoms with E-state index in [9.17, 15) is 9.59 Å². The summed E-state index contributed by atoms with van der Waals surface area (Å²) in [6.07, 6.45) is 0. The monoisotopic (exact) mass is 389 g/mol. The number of hydrogen-bond donors (Lipinski definition) is 2. The van der Waals surface area contributed by atoms with Crippen molar-refractivity contribution in [1.82, 2.24) is 5.43 Å². The molecule has 0 saturated carbocycles. The lowest BCUT2D eigenvalue weighted by molar-refractivity contribution is -0.113. The van der Waals surface area contributed by atoms with Crippen LogP contribution >= 0.6 is 11.8 Å². The van der Waals surface area contributed by atoms with Crippen molar-refractivity contribution < 1.29 is 9.59 Å². The average Bonchev–Trinajstić information content (AvgIpc) is 2.74. The van der Waals surface area contributed by atoms with Crippen LogP contribution in [-0.4, -0.2) is 17.6 Å². The van der Waals surface area contributed by atoms with Crippen LogP contribution in [0.4, 0.5) is 11.4 Å². The summed E-state index contributed by atoms with van der Waals surface area (Å²) >= 11 is 1.48. The molecule has 0 radical (unpaired) electrons. The lowest BCUT2D eigenvalue weighted by atomic mass is 10.2. The van der Waals surface area contributed by atoms with E-state index < -0.39 is 0 Å². The van der Waals surface area contributed by atoms with E-state index in [1.807, 2.05) is 71.7 Å². The number of thioether (sulfide) groups is 1. The predicted molar refractivity (Wildman–Crippen MR) is 112 cm³/mol. The van der Waals surface area contributed by atoms with E-state index in [1.54, 1.807) is 12.1 Å². The van der Waals surface area contributed by atoms with Crippen molar-refractivity contribution in [3.05, 3.63) is 90.0 Å². The van der Waals surface area contributed by atoms with Crippen LogP contribution < -0.4 is 15.8 Å². The van der Waals surface area contributed by atoms with Gasteiger partial charge in [-0.2, -0.15) is 0 Å². The van der Waals surface area contributed by atoms with E-state index in [0.29, 0.717) is 23.5 Å². The molecule has 0 unspecified atom stereocenters. The highest BCUT2D eigenvalue weighted by molar-refractivity contribution is 8.00. The molecular weight excluding hydrogens is 370 g/mol. The highest BCUT2D eigenvalue weighted by Crippen LogP contribution is 2.32. The van der Waals surface area contributed by atoms with E-state index in [-0.39, 0.29) is 11.8 Å². The van der Waals surface area contributed by atoms with Crippen molar-refractivity contribution >= 4 is 35.0 Å². The minimum absolute atomic E-state index is 0.0509. The average molecular weight is 389 g/mol. The minimum Gasteiger partial charge on any atom is -0.324 e. The molecule has 0 aliphatic carbocycles. The molecule has 0 saturated heterocycles. The summed E-state index contributed by atoms with van der Waals surface area (Å²) in [4.78, 5) is 25.5. The van der Waals surface area contributed by atoms with E-state index in [1.165, 1.54) is 11.8 Å². The molecule has 1 heterocycles. The summed E-state index contributed by atoms with van der Waals surface area (Å²) in [5.74, 6) is 0.120. The number of hydrazine groups is 1. The van der Waals surface area contributed by atoms with Crippen molar-refractivity contribution in [3.63, 3.8) is 0 Å². The fraction of sp³-hybridized carbons (Fsp3) is 0.0909. The topological polar surface area (TPSA) is 61.4 Å². The molecular formula is C22H19N3O2S. The number of nitrogens with one attached hydrogen (secondary N) is 2. The molecule has 1 aliphatic rings. The normalized spacial score (nSPS) is 12.6. The van der Waals surface area contributed by atoms with Crippen molar-refractivity contribution in [2.75, 3.05) is 16.1 Å². The molecule has 6 heteroatoms. The third-order valence-corrected chi connectivity index (χ3v) is 5.44. The first-order valence-corrected chi connectivity index (χ1v) is 9.92. The first kappa shape index (κ1) is 18.1. The maximum atomic E-state index is 12.9. The van der Waals surface area contributed by atoms with Crippen molar-refractivity contribution in [3.8, 4) is 0 Å². The Morgan fingerprint density at radius 3 is 2.46 bits per heavy atom. The highest BCUT2D eigenvalue weighted by atomic mass is 32.2. The van der Waals surface area contributed by atoms with Crippen LogP contribution in [0.3, 0.4) is 0 Å². The molecule has 1 aliphatic heterocycles. The second kappa shape index (κ2) is 8.19. The van der Waals surface area contributed by atoms with Gasteiger partial charge in [-0.25, -0.2) is 0 Å². The summed E-state index contributed by atoms with van der Waals surface area (Å²) in [6.45, 7) is 0.536. The summed E-state index contributed by atoms with van der Waals surface area (Å²) in [5, 5.41) is 4.65. The quantitative estimate of drug-likeness (QED) is 0.646. The molecule has 3 aromatic rings. The number of amides is 2. The predicted octanol–water partition coefficient (Wildman–Crippen LogP) is 4.08. The van der Waals surface area contributed by atoms with Gasteiger partial charge < -0.3 is 5.32 Å². The van der Waals surface area contributed by atoms with Crippen molar-refractivity contribution in [1.29, 1.82) is 0 Å². The number of hydrogen-bond acceptors (Lipinski definition) is 4. The van der Waals surface area contributed by atoms with Gasteiger partial charge in [0.25, 0.3) is 5.91 Å². The Morgan fingerprint density at radius 1 is 1.00 bits per heavy atom. The number of carbonyl (C=O) groups excluding carboxylic acids is 2. The van der Waals surface area contributed by atoms with Crippen LogP contribution in [-0.2, 0) is 11.3 Å². The largest absolute Gasteiger partial charge is 0.324 e. The summed E-state index contributed by atoms with van der Waals surface area (Å²) in [7, 11) is 0. The standard InChI is InChI=1S/C22H19N3O2S/c26-21-15-28-20-12-11-17(13-19(20)23-21)22(27)24-25(18-9-5-2-6-10-18)14-16-7-3-1-4-8-16/h1-13H,14-15H2,(H,23,26)(H,24,27). The lowest BCUT2D eigenvalue weighted by Gasteiger charge is -2.26. The van der Waals surface area contributed by atoms with Gasteiger partial charge in [-0.3, -0.25) is 20.0 Å². The molecule has 28 heavy (non-hydrogen) atoms. The summed E-state index contributed by atoms with van der Waals surface area (Å²) in [5.41, 5.74) is 6.14. The smallest absolute Gasteiger partial charge is 0.269 e. The second-order valence-corrected chi connectivity index (χ2v) is 7.41. The van der Waals surface area contributed by atoms with E-state index in [0.717, 1.165) is 16.1 Å². The first-order valence-electron chi connectivity index (χ1n) is 8.93. The Morgan fingerprint density at radius 2 is 1.71 bits per heavy atom. The number of nitrogens with zero attached hydrogens (tertiary/aromatic N) is 1. The number of rotatable bonds is 5. The van der Waals surface area contributed by atoms with Gasteiger partial charge in [-0.1, -0.05) is 48.5 Å². The van der Waals surface area contributed by atoms with E-state index in [2.05, 4.69) is 10.7 Å². The van der Waals surface area contributed by atoms with Crippen LogP contribution in [0.1, 0.15) is 15.9 Å². The number of fused-ring (bicyclic) bond motifs is 1. The van der Waals surface area contributed by atoms with Gasteiger partial charge in [0.05, 0.1) is 23.7 Å². The zero-order valence-electron chi connectivity index (χ0n) is 15.1. The molecule has 0 fully saturated rings. The molecule has 5 nitrogen and oxygen atoms in total. The Balaban J connectivity index is 1.57. The Bertz CT molecular complexity index is 993. The first-order chi connectivity index (χ1) is 13.7. The van der Waals surface area contributed by atoms with Crippen LogP contribution in [0.15, 0.2) is 83.8 Å². The molecule has 4 rings (SSSR count). The fourth-order valence-electron chi connectivity index (χ4n) is 2.98. The maximum absolute atomic E-state index is 12.9. The summed E-state index contributed by atoms with van der Waals surface area (Å²) < 4.78 is 0. The SMILES string of the molecule is O=C1CSc2ccc(C(=O)NN(Cc3ccccc3)c3ccccc3)cc2N1. The lowest BCUT2D eigenvalue weighted by Crippen LogP contribution is -2.42. The maximum Gasteiger partial charge on any atom is 0.269 e. The van der Waals surface area contributed by atoms with Gasteiger partial charge in [0, 0.05) is 10.5 Å². The fourth-order valence-corrected chi connectivity index (χ4v) is 3.77. The Hall–Kier alpha value is -3.25. The van der Waals surface area contributed by atoms with Gasteiger partial charge >= 0.3 is 0 Å². The van der Waals surface area contributed by atoms with Crippen LogP contribution in [0.2, 0.25) is 0 Å². The highest BCUT2D eigenvalue weighted by Gasteiger charge is 2.18. The molecule has 2 N–H and O–H groups in total. The summed E-state index contributed by atoms with van der Waals surface area (Å²) in [6, 6.07) is 25.1. The molecule has 0 bridgehead atoms. The van der Waals surface area contributed by atoms with Gasteiger partial charge in [0.15, 0.2) is 0 Å². The second-order valence-electron chi connectivity index (χ2n) is 6.40. The number of benzene rings is 3. The minimum atomic E-state index is -0.229. The molecule has 2 amide bonds. The van der Waals surface area contributed by atoms with E-state index in [4.69, 9.17) is 0 Å². The number of para-hydroxylation sites is 1. The molecule has 0 aromatic heterocycles. The Labute approximate surface area is 167 Å². The van der Waals surface area contributed by atoms with Gasteiger partial charge in [-0.15, -0.1) is 11.8 Å². The van der Waals surface area contributed by atoms with Crippen molar-refractivity contribution in [2.45, 2.75) is 11.4 Å². The third kappa shape index (κ3) is 4.18. The molecule has 140 valence electrons.